The van der Waals surface area contributed by atoms with Crippen LogP contribution in [-0.2, 0) is 9.59 Å². The highest BCUT2D eigenvalue weighted by atomic mass is 16.5. The number of benzene rings is 1. The molecule has 1 aliphatic heterocycles. The molecular formula is C24H29N3O4. The van der Waals surface area contributed by atoms with Crippen molar-refractivity contribution < 1.29 is 19.4 Å². The van der Waals surface area contributed by atoms with E-state index in [1.165, 1.54) is 4.90 Å². The lowest BCUT2D eigenvalue weighted by Crippen LogP contribution is -2.38. The SMILES string of the molecule is CCOc1ccc(/C(O)=C2/C(=O)C(=O)N(CCN(CC)CC)C2c2ccccn2)cc1. The van der Waals surface area contributed by atoms with Crippen LogP contribution in [0.1, 0.15) is 38.1 Å². The highest BCUT2D eigenvalue weighted by Gasteiger charge is 2.46. The number of nitrogens with zero attached hydrogens (tertiary/aromatic N) is 3. The van der Waals surface area contributed by atoms with Crippen molar-refractivity contribution in [1.29, 1.82) is 0 Å². The van der Waals surface area contributed by atoms with Gasteiger partial charge in [0, 0.05) is 24.8 Å². The van der Waals surface area contributed by atoms with Crippen molar-refractivity contribution in [3.8, 4) is 5.75 Å². The summed E-state index contributed by atoms with van der Waals surface area (Å²) in [4.78, 5) is 34.0. The van der Waals surface area contributed by atoms with E-state index < -0.39 is 17.7 Å². The van der Waals surface area contributed by atoms with E-state index in [0.29, 0.717) is 36.7 Å². The lowest BCUT2D eigenvalue weighted by molar-refractivity contribution is -0.140. The van der Waals surface area contributed by atoms with E-state index >= 15 is 0 Å². The Labute approximate surface area is 183 Å². The number of aliphatic hydroxyl groups excluding tert-OH is 1. The van der Waals surface area contributed by atoms with Gasteiger partial charge in [0.15, 0.2) is 0 Å². The summed E-state index contributed by atoms with van der Waals surface area (Å²) in [7, 11) is 0. The predicted octanol–water partition coefficient (Wildman–Crippen LogP) is 3.24. The minimum Gasteiger partial charge on any atom is -0.507 e. The Bertz CT molecular complexity index is 937. The normalized spacial score (nSPS) is 18.1. The van der Waals surface area contributed by atoms with Crippen LogP contribution in [-0.4, -0.2) is 64.4 Å². The third kappa shape index (κ3) is 4.77. The summed E-state index contributed by atoms with van der Waals surface area (Å²) < 4.78 is 5.45. The van der Waals surface area contributed by atoms with Gasteiger partial charge < -0.3 is 19.6 Å². The second-order valence-corrected chi connectivity index (χ2v) is 7.23. The third-order valence-corrected chi connectivity index (χ3v) is 5.50. The van der Waals surface area contributed by atoms with Crippen LogP contribution in [0.5, 0.6) is 5.75 Å². The lowest BCUT2D eigenvalue weighted by atomic mass is 9.98. The van der Waals surface area contributed by atoms with Crippen molar-refractivity contribution in [2.45, 2.75) is 26.8 Å². The Balaban J connectivity index is 2.03. The second-order valence-electron chi connectivity index (χ2n) is 7.23. The van der Waals surface area contributed by atoms with Crippen LogP contribution in [0, 0.1) is 0 Å². The topological polar surface area (TPSA) is 83.0 Å². The third-order valence-electron chi connectivity index (χ3n) is 5.50. The first-order chi connectivity index (χ1) is 15.0. The summed E-state index contributed by atoms with van der Waals surface area (Å²) in [6.07, 6.45) is 1.62. The van der Waals surface area contributed by atoms with Crippen molar-refractivity contribution in [3.63, 3.8) is 0 Å². The molecule has 0 spiro atoms. The minimum atomic E-state index is -0.733. The van der Waals surface area contributed by atoms with Crippen molar-refractivity contribution in [2.24, 2.45) is 0 Å². The van der Waals surface area contributed by atoms with Crippen LogP contribution in [0.15, 0.2) is 54.2 Å². The van der Waals surface area contributed by atoms with Crippen LogP contribution >= 0.6 is 0 Å². The number of likely N-dealkylation sites (N-methyl/N-ethyl adjacent to an activating group) is 1. The molecule has 1 atom stereocenters. The average Bonchev–Trinajstić information content (AvgIpc) is 3.05. The molecule has 164 valence electrons. The molecule has 2 heterocycles. The fraction of sp³-hybridized carbons (Fsp3) is 0.375. The fourth-order valence-corrected chi connectivity index (χ4v) is 3.78. The molecule has 0 bridgehead atoms. The zero-order valence-corrected chi connectivity index (χ0v) is 18.2. The molecule has 1 aromatic heterocycles. The number of hydrogen-bond donors (Lipinski definition) is 1. The summed E-state index contributed by atoms with van der Waals surface area (Å²) in [5.74, 6) is -0.848. The van der Waals surface area contributed by atoms with Gasteiger partial charge in [0.2, 0.25) is 0 Å². The smallest absolute Gasteiger partial charge is 0.295 e. The Kier molecular flexibility index (Phi) is 7.41. The van der Waals surface area contributed by atoms with E-state index in [-0.39, 0.29) is 11.3 Å². The number of carbonyl (C=O) groups is 2. The van der Waals surface area contributed by atoms with Gasteiger partial charge in [-0.1, -0.05) is 19.9 Å². The van der Waals surface area contributed by atoms with Gasteiger partial charge in [0.25, 0.3) is 11.7 Å². The first-order valence-corrected chi connectivity index (χ1v) is 10.7. The molecule has 1 unspecified atom stereocenters. The number of Topliss-reactive ketones (excluding diaryl/α,β-unsaturated/α-hetero) is 1. The number of aromatic nitrogens is 1. The molecule has 0 radical (unpaired) electrons. The van der Waals surface area contributed by atoms with E-state index in [1.807, 2.05) is 13.0 Å². The van der Waals surface area contributed by atoms with Crippen LogP contribution in [0.25, 0.3) is 5.76 Å². The van der Waals surface area contributed by atoms with Gasteiger partial charge in [-0.05, 0) is 56.4 Å². The van der Waals surface area contributed by atoms with Gasteiger partial charge in [-0.15, -0.1) is 0 Å². The molecule has 7 nitrogen and oxygen atoms in total. The highest BCUT2D eigenvalue weighted by molar-refractivity contribution is 6.46. The molecule has 2 aromatic rings. The quantitative estimate of drug-likeness (QED) is 0.379. The number of hydrogen-bond acceptors (Lipinski definition) is 6. The maximum atomic E-state index is 13.0. The van der Waals surface area contributed by atoms with Gasteiger partial charge in [-0.2, -0.15) is 0 Å². The molecule has 1 saturated heterocycles. The van der Waals surface area contributed by atoms with Crippen molar-refractivity contribution in [3.05, 3.63) is 65.5 Å². The second kappa shape index (κ2) is 10.2. The molecule has 1 amide bonds. The van der Waals surface area contributed by atoms with Crippen molar-refractivity contribution in [2.75, 3.05) is 32.8 Å². The first-order valence-electron chi connectivity index (χ1n) is 10.7. The summed E-state index contributed by atoms with van der Waals surface area (Å²) in [6, 6.07) is 11.4. The van der Waals surface area contributed by atoms with Gasteiger partial charge in [0.1, 0.15) is 17.6 Å². The molecule has 0 saturated carbocycles. The Hall–Kier alpha value is -3.19. The van der Waals surface area contributed by atoms with Gasteiger partial charge in [-0.25, -0.2) is 0 Å². The van der Waals surface area contributed by atoms with E-state index in [4.69, 9.17) is 4.74 Å². The van der Waals surface area contributed by atoms with Gasteiger partial charge in [-0.3, -0.25) is 14.6 Å². The summed E-state index contributed by atoms with van der Waals surface area (Å²) in [5.41, 5.74) is 1.06. The predicted molar refractivity (Wildman–Crippen MR) is 119 cm³/mol. The van der Waals surface area contributed by atoms with E-state index in [0.717, 1.165) is 13.1 Å². The number of ether oxygens (including phenoxy) is 1. The number of amides is 1. The number of aliphatic hydroxyl groups is 1. The Morgan fingerprint density at radius 3 is 2.39 bits per heavy atom. The molecule has 1 aromatic carbocycles. The van der Waals surface area contributed by atoms with Crippen LogP contribution < -0.4 is 4.74 Å². The minimum absolute atomic E-state index is 0.0624. The van der Waals surface area contributed by atoms with Gasteiger partial charge >= 0.3 is 0 Å². The summed E-state index contributed by atoms with van der Waals surface area (Å²) in [6.45, 7) is 9.23. The number of pyridine rings is 1. The molecule has 7 heteroatoms. The number of carbonyl (C=O) groups excluding carboxylic acids is 2. The molecular weight excluding hydrogens is 394 g/mol. The van der Waals surface area contributed by atoms with E-state index in [2.05, 4.69) is 23.7 Å². The zero-order chi connectivity index (χ0) is 22.4. The standard InChI is InChI=1S/C24H29N3O4/c1-4-26(5-2)15-16-27-21(19-9-7-8-14-25-19)20(23(29)24(27)30)22(28)17-10-12-18(13-11-17)31-6-3/h7-14,21,28H,4-6,15-16H2,1-3H3/b22-20-. The largest absolute Gasteiger partial charge is 0.507 e. The van der Waals surface area contributed by atoms with Crippen LogP contribution in [0.2, 0.25) is 0 Å². The Morgan fingerprint density at radius 1 is 1.10 bits per heavy atom. The maximum absolute atomic E-state index is 13.0. The number of rotatable bonds is 9. The zero-order valence-electron chi connectivity index (χ0n) is 18.2. The molecule has 1 N–H and O–H groups in total. The molecule has 1 aliphatic rings. The summed E-state index contributed by atoms with van der Waals surface area (Å²) in [5, 5.41) is 11.0. The average molecular weight is 424 g/mol. The fourth-order valence-electron chi connectivity index (χ4n) is 3.78. The monoisotopic (exact) mass is 423 g/mol. The van der Waals surface area contributed by atoms with Crippen LogP contribution in [0.4, 0.5) is 0 Å². The highest BCUT2D eigenvalue weighted by Crippen LogP contribution is 2.38. The van der Waals surface area contributed by atoms with Gasteiger partial charge in [0.05, 0.1) is 17.9 Å². The number of likely N-dealkylation sites (tertiary alicyclic amines) is 1. The molecule has 31 heavy (non-hydrogen) atoms. The van der Waals surface area contributed by atoms with E-state index in [9.17, 15) is 14.7 Å². The number of ketones is 1. The maximum Gasteiger partial charge on any atom is 0.295 e. The van der Waals surface area contributed by atoms with Crippen molar-refractivity contribution in [1.82, 2.24) is 14.8 Å². The summed E-state index contributed by atoms with van der Waals surface area (Å²) >= 11 is 0. The first kappa shape index (κ1) is 22.5. The molecule has 1 fully saturated rings. The Morgan fingerprint density at radius 2 is 1.81 bits per heavy atom. The van der Waals surface area contributed by atoms with Crippen molar-refractivity contribution >= 4 is 17.4 Å². The molecule has 0 aliphatic carbocycles. The van der Waals surface area contributed by atoms with E-state index in [1.54, 1.807) is 42.6 Å². The molecule has 3 rings (SSSR count). The van der Waals surface area contributed by atoms with Crippen LogP contribution in [0.3, 0.4) is 0 Å². The lowest BCUT2D eigenvalue weighted by Gasteiger charge is -2.27.